The predicted octanol–water partition coefficient (Wildman–Crippen LogP) is 3.60. The van der Waals surface area contributed by atoms with Gasteiger partial charge in [-0.05, 0) is 29.7 Å². The fraction of sp³-hybridized carbons (Fsp3) is 0.300. The van der Waals surface area contributed by atoms with Crippen molar-refractivity contribution in [1.82, 2.24) is 5.43 Å². The Hall–Kier alpha value is -3.02. The van der Waals surface area contributed by atoms with Crippen LogP contribution in [0, 0.1) is 0 Å². The van der Waals surface area contributed by atoms with Crippen LogP contribution in [0.3, 0.4) is 0 Å². The second-order valence-corrected chi connectivity index (χ2v) is 5.92. The van der Waals surface area contributed by atoms with E-state index >= 15 is 0 Å². The molecule has 2 aromatic rings. The maximum absolute atomic E-state index is 12.2. The molecule has 0 aliphatic carbocycles. The van der Waals surface area contributed by atoms with Crippen LogP contribution in [-0.2, 0) is 0 Å². The quantitative estimate of drug-likeness (QED) is 0.608. The molecule has 6 heteroatoms. The number of nitrogens with zero attached hydrogens (tertiary/aromatic N) is 1. The van der Waals surface area contributed by atoms with Crippen molar-refractivity contribution in [3.63, 3.8) is 0 Å². The summed E-state index contributed by atoms with van der Waals surface area (Å²) in [5.74, 6) is 1.79. The average Bonchev–Trinajstić information content (AvgIpc) is 2.67. The molecular weight excluding hydrogens is 332 g/mol. The maximum atomic E-state index is 12.2. The molecule has 0 aromatic heterocycles. The second-order valence-electron chi connectivity index (χ2n) is 5.92. The number of hydrogen-bond donors (Lipinski definition) is 1. The smallest absolute Gasteiger partial charge is 0.271 e. The topological polar surface area (TPSA) is 69.2 Å². The van der Waals surface area contributed by atoms with Gasteiger partial charge in [0.2, 0.25) is 0 Å². The molecule has 138 valence electrons. The first-order valence-corrected chi connectivity index (χ1v) is 8.23. The van der Waals surface area contributed by atoms with Crippen LogP contribution >= 0.6 is 0 Å². The van der Waals surface area contributed by atoms with Crippen molar-refractivity contribution >= 4 is 12.1 Å². The molecule has 0 aliphatic rings. The number of methoxy groups -OCH3 is 3. The summed E-state index contributed by atoms with van der Waals surface area (Å²) in [6.45, 7) is 4.21. The lowest BCUT2D eigenvalue weighted by molar-refractivity contribution is 0.0955. The van der Waals surface area contributed by atoms with Crippen molar-refractivity contribution in [2.75, 3.05) is 21.3 Å². The van der Waals surface area contributed by atoms with Gasteiger partial charge >= 0.3 is 0 Å². The van der Waals surface area contributed by atoms with Crippen LogP contribution in [0.5, 0.6) is 17.2 Å². The lowest BCUT2D eigenvalue weighted by Gasteiger charge is -2.11. The zero-order chi connectivity index (χ0) is 19.1. The highest BCUT2D eigenvalue weighted by atomic mass is 16.5. The normalized spacial score (nSPS) is 10.8. The zero-order valence-electron chi connectivity index (χ0n) is 15.7. The van der Waals surface area contributed by atoms with Crippen molar-refractivity contribution in [2.24, 2.45) is 5.10 Å². The Labute approximate surface area is 153 Å². The van der Waals surface area contributed by atoms with Crippen molar-refractivity contribution < 1.29 is 19.0 Å². The molecule has 6 nitrogen and oxygen atoms in total. The largest absolute Gasteiger partial charge is 0.496 e. The van der Waals surface area contributed by atoms with Crippen LogP contribution in [0.25, 0.3) is 0 Å². The number of carbonyl (C=O) groups excluding carboxylic acids is 1. The highest BCUT2D eigenvalue weighted by Gasteiger charge is 2.11. The van der Waals surface area contributed by atoms with E-state index in [2.05, 4.69) is 24.4 Å². The first-order valence-electron chi connectivity index (χ1n) is 8.23. The van der Waals surface area contributed by atoms with Gasteiger partial charge in [0.05, 0.1) is 27.5 Å². The van der Waals surface area contributed by atoms with Gasteiger partial charge in [-0.1, -0.05) is 26.0 Å². The van der Waals surface area contributed by atoms with Crippen molar-refractivity contribution in [3.05, 3.63) is 53.1 Å². The van der Waals surface area contributed by atoms with Gasteiger partial charge < -0.3 is 14.2 Å². The summed E-state index contributed by atoms with van der Waals surface area (Å²) in [4.78, 5) is 12.2. The lowest BCUT2D eigenvalue weighted by atomic mass is 10.0. The molecule has 0 radical (unpaired) electrons. The number of rotatable bonds is 7. The summed E-state index contributed by atoms with van der Waals surface area (Å²) in [7, 11) is 4.65. The number of benzene rings is 2. The fourth-order valence-electron chi connectivity index (χ4n) is 2.40. The highest BCUT2D eigenvalue weighted by Crippen LogP contribution is 2.33. The van der Waals surface area contributed by atoms with E-state index in [9.17, 15) is 4.79 Å². The molecule has 0 heterocycles. The lowest BCUT2D eigenvalue weighted by Crippen LogP contribution is -2.17. The third kappa shape index (κ3) is 4.53. The molecule has 0 fully saturated rings. The summed E-state index contributed by atoms with van der Waals surface area (Å²) in [6, 6.07) is 10.9. The summed E-state index contributed by atoms with van der Waals surface area (Å²) in [5, 5.41) is 4.01. The molecule has 1 amide bonds. The average molecular weight is 356 g/mol. The Kier molecular flexibility index (Phi) is 6.60. The minimum absolute atomic E-state index is 0.281. The summed E-state index contributed by atoms with van der Waals surface area (Å²) in [6.07, 6.45) is 1.50. The van der Waals surface area contributed by atoms with E-state index in [0.717, 1.165) is 0 Å². The molecular formula is C20H24N2O4. The summed E-state index contributed by atoms with van der Waals surface area (Å²) in [5.41, 5.74) is 4.90. The summed E-state index contributed by atoms with van der Waals surface area (Å²) < 4.78 is 15.8. The van der Waals surface area contributed by atoms with Crippen molar-refractivity contribution in [2.45, 2.75) is 19.8 Å². The van der Waals surface area contributed by atoms with E-state index in [-0.39, 0.29) is 5.91 Å². The van der Waals surface area contributed by atoms with Crippen LogP contribution in [0.4, 0.5) is 0 Å². The molecule has 2 rings (SSSR count). The molecule has 0 spiro atoms. The maximum Gasteiger partial charge on any atom is 0.271 e. The predicted molar refractivity (Wildman–Crippen MR) is 102 cm³/mol. The van der Waals surface area contributed by atoms with Crippen molar-refractivity contribution in [1.29, 1.82) is 0 Å². The molecule has 0 aliphatic heterocycles. The van der Waals surface area contributed by atoms with Crippen LogP contribution < -0.4 is 19.6 Å². The highest BCUT2D eigenvalue weighted by molar-refractivity contribution is 5.95. The van der Waals surface area contributed by atoms with Gasteiger partial charge in [0.1, 0.15) is 5.75 Å². The molecule has 0 atom stereocenters. The number of nitrogens with one attached hydrogen (secondary N) is 1. The van der Waals surface area contributed by atoms with Crippen LogP contribution in [0.15, 0.2) is 41.5 Å². The van der Waals surface area contributed by atoms with Gasteiger partial charge in [-0.2, -0.15) is 5.10 Å². The number of hydrazone groups is 1. The van der Waals surface area contributed by atoms with Gasteiger partial charge in [-0.3, -0.25) is 4.79 Å². The number of ether oxygens (including phenoxy) is 3. The van der Waals surface area contributed by atoms with Gasteiger partial charge in [0.25, 0.3) is 5.91 Å². The van der Waals surface area contributed by atoms with E-state index in [0.29, 0.717) is 34.3 Å². The number of amides is 1. The molecule has 2 aromatic carbocycles. The number of hydrogen-bond acceptors (Lipinski definition) is 5. The zero-order valence-corrected chi connectivity index (χ0v) is 15.7. The Balaban J connectivity index is 2.13. The third-order valence-corrected chi connectivity index (χ3v) is 3.95. The van der Waals surface area contributed by atoms with Crippen LogP contribution in [0.2, 0.25) is 0 Å². The van der Waals surface area contributed by atoms with Crippen molar-refractivity contribution in [3.8, 4) is 17.2 Å². The fourth-order valence-corrected chi connectivity index (χ4v) is 2.40. The van der Waals surface area contributed by atoms with Crippen LogP contribution in [0.1, 0.15) is 41.3 Å². The molecule has 0 saturated heterocycles. The Bertz CT molecular complexity index is 783. The van der Waals surface area contributed by atoms with Gasteiger partial charge in [0, 0.05) is 17.2 Å². The van der Waals surface area contributed by atoms with E-state index in [1.165, 1.54) is 11.8 Å². The molecule has 0 saturated carbocycles. The Morgan fingerprint density at radius 1 is 0.962 bits per heavy atom. The monoisotopic (exact) mass is 356 g/mol. The molecule has 0 bridgehead atoms. The third-order valence-electron chi connectivity index (χ3n) is 3.95. The van der Waals surface area contributed by atoms with E-state index < -0.39 is 0 Å². The van der Waals surface area contributed by atoms with E-state index in [1.54, 1.807) is 45.6 Å². The standard InChI is InChI=1S/C20H24N2O4/c1-13(2)14-6-8-15(9-7-14)20(23)22-21-12-16-10-18(25-4)19(26-5)11-17(16)24-3/h6-13H,1-5H3,(H,22,23). The van der Waals surface area contributed by atoms with Crippen LogP contribution in [-0.4, -0.2) is 33.5 Å². The first-order chi connectivity index (χ1) is 12.5. The molecule has 0 unspecified atom stereocenters. The number of carbonyl (C=O) groups is 1. The minimum Gasteiger partial charge on any atom is -0.496 e. The molecule has 1 N–H and O–H groups in total. The van der Waals surface area contributed by atoms with E-state index in [4.69, 9.17) is 14.2 Å². The van der Waals surface area contributed by atoms with Gasteiger partial charge in [-0.25, -0.2) is 5.43 Å². The van der Waals surface area contributed by atoms with Gasteiger partial charge in [-0.15, -0.1) is 0 Å². The minimum atomic E-state index is -0.281. The summed E-state index contributed by atoms with van der Waals surface area (Å²) >= 11 is 0. The van der Waals surface area contributed by atoms with Gasteiger partial charge in [0.15, 0.2) is 11.5 Å². The SMILES string of the molecule is COc1cc(OC)c(OC)cc1C=NNC(=O)c1ccc(C(C)C)cc1. The Morgan fingerprint density at radius 2 is 1.54 bits per heavy atom. The molecule has 26 heavy (non-hydrogen) atoms. The Morgan fingerprint density at radius 3 is 2.08 bits per heavy atom. The van der Waals surface area contributed by atoms with E-state index in [1.807, 2.05) is 12.1 Å². The second kappa shape index (κ2) is 8.89. The first kappa shape index (κ1) is 19.3.